The Labute approximate surface area is 36.7 Å². The Balaban J connectivity index is 2.09. The molecule has 1 fully saturated rings. The third-order valence-corrected chi connectivity index (χ3v) is 0.958. The smallest absolute Gasteiger partial charge is 0.181 e. The largest absolute Gasteiger partial charge is 0.366 e. The van der Waals surface area contributed by atoms with Gasteiger partial charge in [-0.05, 0) is 6.42 Å². The van der Waals surface area contributed by atoms with Gasteiger partial charge in [-0.2, -0.15) is 0 Å². The molecule has 2 nitrogen and oxygen atoms in total. The Morgan fingerprint density at radius 2 is 2.33 bits per heavy atom. The van der Waals surface area contributed by atoms with E-state index in [1.807, 2.05) is 6.92 Å². The maximum Gasteiger partial charge on any atom is 0.181 e. The van der Waals surface area contributed by atoms with Gasteiger partial charge in [0.25, 0.3) is 0 Å². The van der Waals surface area contributed by atoms with Crippen molar-refractivity contribution in [3.05, 3.63) is 0 Å². The maximum absolute atomic E-state index is 8.40. The molecule has 0 bridgehead atoms. The summed E-state index contributed by atoms with van der Waals surface area (Å²) in [7, 11) is 0. The lowest BCUT2D eigenvalue weighted by molar-refractivity contribution is 0.156. The van der Waals surface area contributed by atoms with Crippen LogP contribution >= 0.6 is 0 Å². The molecule has 0 aromatic heterocycles. The number of aliphatic hydroxyl groups excluding tert-OH is 1. The van der Waals surface area contributed by atoms with Crippen molar-refractivity contribution in [1.82, 2.24) is 0 Å². The lowest BCUT2D eigenvalue weighted by Crippen LogP contribution is -1.86. The van der Waals surface area contributed by atoms with E-state index in [4.69, 9.17) is 5.11 Å². The van der Waals surface area contributed by atoms with E-state index in [9.17, 15) is 0 Å². The zero-order valence-electron chi connectivity index (χ0n) is 3.72. The van der Waals surface area contributed by atoms with Gasteiger partial charge in [-0.3, -0.25) is 0 Å². The molecule has 1 aliphatic heterocycles. The first-order valence-corrected chi connectivity index (χ1v) is 2.18. The molecule has 1 heterocycles. The Hall–Kier alpha value is -0.0800. The molecule has 0 aliphatic carbocycles. The minimum Gasteiger partial charge on any atom is -0.366 e. The van der Waals surface area contributed by atoms with Crippen molar-refractivity contribution < 1.29 is 9.84 Å². The summed E-state index contributed by atoms with van der Waals surface area (Å²) in [6.45, 7) is 1.99. The van der Waals surface area contributed by atoms with E-state index in [0.717, 1.165) is 6.42 Å². The first-order valence-electron chi connectivity index (χ1n) is 2.18. The fraction of sp³-hybridized carbons (Fsp3) is 1.00. The van der Waals surface area contributed by atoms with Gasteiger partial charge in [-0.1, -0.05) is 6.92 Å². The van der Waals surface area contributed by atoms with Crippen LogP contribution in [0.25, 0.3) is 0 Å². The third-order valence-electron chi connectivity index (χ3n) is 0.958. The van der Waals surface area contributed by atoms with E-state index >= 15 is 0 Å². The van der Waals surface area contributed by atoms with E-state index < -0.39 is 6.29 Å². The predicted octanol–water partition coefficient (Wildman–Crippen LogP) is 0.114. The zero-order chi connectivity index (χ0) is 4.57. The first-order chi connectivity index (χ1) is 2.84. The topological polar surface area (TPSA) is 32.8 Å². The van der Waals surface area contributed by atoms with Crippen LogP contribution in [0.4, 0.5) is 0 Å². The lowest BCUT2D eigenvalue weighted by Gasteiger charge is -1.71. The summed E-state index contributed by atoms with van der Waals surface area (Å²) in [6.07, 6.45) is 0.654. The molecule has 0 aromatic carbocycles. The molecule has 0 spiro atoms. The SMILES string of the molecule is CCC1OC1O. The zero-order valence-corrected chi connectivity index (χ0v) is 3.72. The summed E-state index contributed by atoms with van der Waals surface area (Å²) in [5, 5.41) is 8.40. The van der Waals surface area contributed by atoms with Gasteiger partial charge in [0.05, 0.1) is 0 Å². The summed E-state index contributed by atoms with van der Waals surface area (Å²) < 4.78 is 4.62. The van der Waals surface area contributed by atoms with E-state index in [-0.39, 0.29) is 6.10 Å². The van der Waals surface area contributed by atoms with Crippen LogP contribution in [-0.2, 0) is 4.74 Å². The minimum absolute atomic E-state index is 0.157. The van der Waals surface area contributed by atoms with Crippen LogP contribution in [-0.4, -0.2) is 17.5 Å². The van der Waals surface area contributed by atoms with Crippen LogP contribution in [0, 0.1) is 0 Å². The fourth-order valence-corrected chi connectivity index (χ4v) is 0.432. The first kappa shape index (κ1) is 4.09. The van der Waals surface area contributed by atoms with E-state index in [1.165, 1.54) is 0 Å². The highest BCUT2D eigenvalue weighted by atomic mass is 16.7. The highest BCUT2D eigenvalue weighted by molar-refractivity contribution is 4.71. The molecule has 2 unspecified atom stereocenters. The van der Waals surface area contributed by atoms with Crippen molar-refractivity contribution in [2.24, 2.45) is 0 Å². The number of epoxide rings is 1. The van der Waals surface area contributed by atoms with E-state index in [1.54, 1.807) is 0 Å². The molecule has 2 heteroatoms. The predicted molar refractivity (Wildman–Crippen MR) is 21.2 cm³/mol. The molecule has 2 atom stereocenters. The Morgan fingerprint density at radius 1 is 1.83 bits per heavy atom. The minimum atomic E-state index is -0.435. The normalized spacial score (nSPS) is 43.0. The third kappa shape index (κ3) is 0.533. The summed E-state index contributed by atoms with van der Waals surface area (Å²) in [5.74, 6) is 0. The second kappa shape index (κ2) is 1.21. The molecule has 36 valence electrons. The van der Waals surface area contributed by atoms with Crippen molar-refractivity contribution in [2.75, 3.05) is 0 Å². The van der Waals surface area contributed by atoms with Crippen LogP contribution in [0.3, 0.4) is 0 Å². The van der Waals surface area contributed by atoms with E-state index in [0.29, 0.717) is 0 Å². The van der Waals surface area contributed by atoms with Gasteiger partial charge < -0.3 is 9.84 Å². The Bertz CT molecular complexity index is 51.5. The molecule has 1 rings (SSSR count). The molecule has 0 saturated carbocycles. The van der Waals surface area contributed by atoms with Crippen LogP contribution in [0.15, 0.2) is 0 Å². The molecular weight excluding hydrogens is 80.0 g/mol. The van der Waals surface area contributed by atoms with Crippen LogP contribution in [0.2, 0.25) is 0 Å². The van der Waals surface area contributed by atoms with Crippen molar-refractivity contribution in [1.29, 1.82) is 0 Å². The molecule has 6 heavy (non-hydrogen) atoms. The molecule has 0 amide bonds. The van der Waals surface area contributed by atoms with Gasteiger partial charge >= 0.3 is 0 Å². The molecule has 1 N–H and O–H groups in total. The quantitative estimate of drug-likeness (QED) is 0.461. The van der Waals surface area contributed by atoms with Crippen LogP contribution in [0.1, 0.15) is 13.3 Å². The van der Waals surface area contributed by atoms with Crippen LogP contribution < -0.4 is 0 Å². The van der Waals surface area contributed by atoms with Gasteiger partial charge in [0, 0.05) is 0 Å². The highest BCUT2D eigenvalue weighted by Gasteiger charge is 2.34. The summed E-state index contributed by atoms with van der Waals surface area (Å²) >= 11 is 0. The highest BCUT2D eigenvalue weighted by Crippen LogP contribution is 2.20. The molecule has 0 radical (unpaired) electrons. The Morgan fingerprint density at radius 3 is 2.33 bits per heavy atom. The lowest BCUT2D eigenvalue weighted by atomic mass is 10.4. The van der Waals surface area contributed by atoms with Crippen molar-refractivity contribution in [3.8, 4) is 0 Å². The Kier molecular flexibility index (Phi) is 0.821. The van der Waals surface area contributed by atoms with Crippen molar-refractivity contribution in [2.45, 2.75) is 25.7 Å². The number of aliphatic hydroxyl groups is 1. The fourth-order valence-electron chi connectivity index (χ4n) is 0.432. The van der Waals surface area contributed by atoms with E-state index in [2.05, 4.69) is 4.74 Å². The summed E-state index contributed by atoms with van der Waals surface area (Å²) in [4.78, 5) is 0. The standard InChI is InChI=1S/C4H8O2/c1-2-3-4(5)6-3/h3-5H,2H2,1H3. The second-order valence-corrected chi connectivity index (χ2v) is 1.47. The van der Waals surface area contributed by atoms with Gasteiger partial charge in [0.2, 0.25) is 0 Å². The molecule has 1 aliphatic rings. The second-order valence-electron chi connectivity index (χ2n) is 1.47. The average molecular weight is 88.1 g/mol. The number of ether oxygens (including phenoxy) is 1. The number of hydrogen-bond acceptors (Lipinski definition) is 2. The van der Waals surface area contributed by atoms with Crippen molar-refractivity contribution in [3.63, 3.8) is 0 Å². The summed E-state index contributed by atoms with van der Waals surface area (Å²) in [5.41, 5.74) is 0. The monoisotopic (exact) mass is 88.1 g/mol. The molecule has 0 aromatic rings. The molecule has 1 saturated heterocycles. The van der Waals surface area contributed by atoms with Crippen molar-refractivity contribution >= 4 is 0 Å². The summed E-state index contributed by atoms with van der Waals surface area (Å²) in [6, 6.07) is 0. The van der Waals surface area contributed by atoms with Gasteiger partial charge in [0.15, 0.2) is 6.29 Å². The van der Waals surface area contributed by atoms with Gasteiger partial charge in [0.1, 0.15) is 6.10 Å². The number of rotatable bonds is 1. The maximum atomic E-state index is 8.40. The van der Waals surface area contributed by atoms with Crippen LogP contribution in [0.5, 0.6) is 0 Å². The number of hydrogen-bond donors (Lipinski definition) is 1. The average Bonchev–Trinajstić information content (AvgIpc) is 2.19. The van der Waals surface area contributed by atoms with Gasteiger partial charge in [-0.25, -0.2) is 0 Å². The molecular formula is C4H8O2. The van der Waals surface area contributed by atoms with Gasteiger partial charge in [-0.15, -0.1) is 0 Å².